The number of likely N-dealkylation sites (tertiary alicyclic amines) is 1. The maximum absolute atomic E-state index is 12.2. The van der Waals surface area contributed by atoms with E-state index in [9.17, 15) is 4.79 Å². The van der Waals surface area contributed by atoms with Crippen molar-refractivity contribution in [3.05, 3.63) is 41.8 Å². The van der Waals surface area contributed by atoms with Crippen molar-refractivity contribution >= 4 is 5.91 Å². The van der Waals surface area contributed by atoms with Crippen molar-refractivity contribution in [2.75, 3.05) is 13.1 Å². The van der Waals surface area contributed by atoms with E-state index in [0.29, 0.717) is 30.5 Å². The summed E-state index contributed by atoms with van der Waals surface area (Å²) in [5.74, 6) is 0.981. The van der Waals surface area contributed by atoms with Crippen LogP contribution in [0.25, 0.3) is 0 Å². The Morgan fingerprint density at radius 1 is 1.35 bits per heavy atom. The third-order valence-electron chi connectivity index (χ3n) is 3.63. The number of hydrogen-bond acceptors (Lipinski definition) is 5. The van der Waals surface area contributed by atoms with Crippen LogP contribution < -0.4 is 0 Å². The van der Waals surface area contributed by atoms with Gasteiger partial charge in [-0.25, -0.2) is 0 Å². The van der Waals surface area contributed by atoms with Crippen molar-refractivity contribution in [3.8, 4) is 0 Å². The molecule has 0 saturated carbocycles. The molecule has 3 rings (SSSR count). The summed E-state index contributed by atoms with van der Waals surface area (Å²) in [7, 11) is 0. The molecule has 0 aromatic carbocycles. The lowest BCUT2D eigenvalue weighted by Gasteiger charge is -2.31. The van der Waals surface area contributed by atoms with Gasteiger partial charge in [-0.1, -0.05) is 5.16 Å². The molecular weight excluding hydrogens is 256 g/mol. The second kappa shape index (κ2) is 5.40. The zero-order valence-corrected chi connectivity index (χ0v) is 11.3. The van der Waals surface area contributed by atoms with Crippen molar-refractivity contribution in [3.63, 3.8) is 0 Å². The summed E-state index contributed by atoms with van der Waals surface area (Å²) >= 11 is 0. The molecule has 0 atom stereocenters. The molecule has 1 aliphatic rings. The predicted molar refractivity (Wildman–Crippen MR) is 71.2 cm³/mol. The van der Waals surface area contributed by atoms with Gasteiger partial charge in [0.05, 0.1) is 5.69 Å². The van der Waals surface area contributed by atoms with Gasteiger partial charge in [0.25, 0.3) is 5.91 Å². The Balaban J connectivity index is 1.63. The first kappa shape index (κ1) is 12.8. The third kappa shape index (κ3) is 2.54. The molecule has 1 aliphatic heterocycles. The quantitative estimate of drug-likeness (QED) is 0.833. The summed E-state index contributed by atoms with van der Waals surface area (Å²) in [5.41, 5.74) is 1.40. The van der Waals surface area contributed by atoms with Gasteiger partial charge in [0.1, 0.15) is 5.76 Å². The fraction of sp³-hybridized carbons (Fsp3) is 0.429. The minimum absolute atomic E-state index is 0.0561. The normalized spacial score (nSPS) is 16.4. The van der Waals surface area contributed by atoms with Crippen LogP contribution in [-0.2, 0) is 0 Å². The number of rotatable bonds is 2. The second-order valence-corrected chi connectivity index (χ2v) is 5.02. The number of aromatic nitrogens is 3. The Morgan fingerprint density at radius 3 is 2.75 bits per heavy atom. The Kier molecular flexibility index (Phi) is 3.45. The lowest BCUT2D eigenvalue weighted by Crippen LogP contribution is -2.38. The highest BCUT2D eigenvalue weighted by atomic mass is 16.5. The van der Waals surface area contributed by atoms with Crippen LogP contribution in [0.3, 0.4) is 0 Å². The second-order valence-electron chi connectivity index (χ2n) is 5.02. The topological polar surface area (TPSA) is 72.1 Å². The van der Waals surface area contributed by atoms with E-state index in [1.807, 2.05) is 11.1 Å². The molecule has 1 saturated heterocycles. The SMILES string of the molecule is Cc1cc(C(=O)N2CCC(c3cnccn3)CC2)no1. The van der Waals surface area contributed by atoms with E-state index in [4.69, 9.17) is 4.52 Å². The monoisotopic (exact) mass is 272 g/mol. The van der Waals surface area contributed by atoms with Gasteiger partial charge in [0.15, 0.2) is 5.69 Å². The summed E-state index contributed by atoms with van der Waals surface area (Å²) in [6, 6.07) is 1.68. The van der Waals surface area contributed by atoms with Crippen LogP contribution >= 0.6 is 0 Å². The van der Waals surface area contributed by atoms with Crippen LogP contribution in [0.5, 0.6) is 0 Å². The van der Waals surface area contributed by atoms with Crippen molar-refractivity contribution in [2.45, 2.75) is 25.7 Å². The average molecular weight is 272 g/mol. The van der Waals surface area contributed by atoms with E-state index in [2.05, 4.69) is 15.1 Å². The van der Waals surface area contributed by atoms with Crippen LogP contribution in [0.15, 0.2) is 29.2 Å². The largest absolute Gasteiger partial charge is 0.361 e. The average Bonchev–Trinajstić information content (AvgIpc) is 2.94. The smallest absolute Gasteiger partial charge is 0.276 e. The molecule has 0 spiro atoms. The van der Waals surface area contributed by atoms with Crippen molar-refractivity contribution in [1.29, 1.82) is 0 Å². The van der Waals surface area contributed by atoms with E-state index in [1.165, 1.54) is 0 Å². The Hall–Kier alpha value is -2.24. The minimum atomic E-state index is -0.0561. The molecule has 1 fully saturated rings. The molecule has 1 amide bonds. The standard InChI is InChI=1S/C14H16N4O2/c1-10-8-12(17-20-10)14(19)18-6-2-11(3-7-18)13-9-15-4-5-16-13/h4-5,8-9,11H,2-3,6-7H2,1H3. The molecule has 0 bridgehead atoms. The fourth-order valence-electron chi connectivity index (χ4n) is 2.53. The summed E-state index contributed by atoms with van der Waals surface area (Å²) in [4.78, 5) is 22.5. The molecule has 0 radical (unpaired) electrons. The summed E-state index contributed by atoms with van der Waals surface area (Å²) in [6.07, 6.45) is 7.01. The summed E-state index contributed by atoms with van der Waals surface area (Å²) < 4.78 is 4.95. The molecule has 6 nitrogen and oxygen atoms in total. The number of hydrogen-bond donors (Lipinski definition) is 0. The van der Waals surface area contributed by atoms with Crippen LogP contribution in [0.4, 0.5) is 0 Å². The molecule has 104 valence electrons. The van der Waals surface area contributed by atoms with Crippen LogP contribution in [0, 0.1) is 6.92 Å². The third-order valence-corrected chi connectivity index (χ3v) is 3.63. The Labute approximate surface area is 116 Å². The fourth-order valence-corrected chi connectivity index (χ4v) is 2.53. The molecule has 0 aliphatic carbocycles. The maximum atomic E-state index is 12.2. The lowest BCUT2D eigenvalue weighted by atomic mass is 9.93. The number of aryl methyl sites for hydroxylation is 1. The number of amides is 1. The molecule has 20 heavy (non-hydrogen) atoms. The highest BCUT2D eigenvalue weighted by molar-refractivity contribution is 5.92. The van der Waals surface area contributed by atoms with E-state index in [0.717, 1.165) is 18.5 Å². The van der Waals surface area contributed by atoms with Crippen LogP contribution in [-0.4, -0.2) is 39.0 Å². The number of carbonyl (C=O) groups is 1. The van der Waals surface area contributed by atoms with E-state index in [-0.39, 0.29) is 5.91 Å². The van der Waals surface area contributed by atoms with E-state index in [1.54, 1.807) is 25.4 Å². The van der Waals surface area contributed by atoms with E-state index < -0.39 is 0 Å². The van der Waals surface area contributed by atoms with Crippen molar-refractivity contribution in [2.24, 2.45) is 0 Å². The highest BCUT2D eigenvalue weighted by Crippen LogP contribution is 2.26. The molecule has 0 N–H and O–H groups in total. The van der Waals surface area contributed by atoms with Crippen LogP contribution in [0.1, 0.15) is 40.7 Å². The zero-order chi connectivity index (χ0) is 13.9. The lowest BCUT2D eigenvalue weighted by molar-refractivity contribution is 0.0701. The van der Waals surface area contributed by atoms with Gasteiger partial charge in [-0.15, -0.1) is 0 Å². The van der Waals surface area contributed by atoms with Crippen molar-refractivity contribution in [1.82, 2.24) is 20.0 Å². The number of piperidine rings is 1. The number of nitrogens with zero attached hydrogens (tertiary/aromatic N) is 4. The van der Waals surface area contributed by atoms with Gasteiger partial charge in [0, 0.05) is 43.7 Å². The first-order valence-corrected chi connectivity index (χ1v) is 6.72. The van der Waals surface area contributed by atoms with Crippen LogP contribution in [0.2, 0.25) is 0 Å². The van der Waals surface area contributed by atoms with Crippen molar-refractivity contribution < 1.29 is 9.32 Å². The zero-order valence-electron chi connectivity index (χ0n) is 11.3. The molecule has 6 heteroatoms. The molecular formula is C14H16N4O2. The summed E-state index contributed by atoms with van der Waals surface area (Å²) in [5, 5.41) is 3.78. The predicted octanol–water partition coefficient (Wildman–Crippen LogP) is 1.79. The molecule has 0 unspecified atom stereocenters. The maximum Gasteiger partial charge on any atom is 0.276 e. The molecule has 2 aromatic rings. The molecule has 3 heterocycles. The van der Waals surface area contributed by atoms with Gasteiger partial charge in [-0.2, -0.15) is 0 Å². The van der Waals surface area contributed by atoms with Gasteiger partial charge < -0.3 is 9.42 Å². The molecule has 2 aromatic heterocycles. The highest BCUT2D eigenvalue weighted by Gasteiger charge is 2.26. The van der Waals surface area contributed by atoms with Gasteiger partial charge in [-0.05, 0) is 19.8 Å². The van der Waals surface area contributed by atoms with Gasteiger partial charge >= 0.3 is 0 Å². The van der Waals surface area contributed by atoms with E-state index >= 15 is 0 Å². The first-order valence-electron chi connectivity index (χ1n) is 6.72. The Bertz CT molecular complexity index is 588. The summed E-state index contributed by atoms with van der Waals surface area (Å²) in [6.45, 7) is 3.21. The van der Waals surface area contributed by atoms with Gasteiger partial charge in [0.2, 0.25) is 0 Å². The minimum Gasteiger partial charge on any atom is -0.361 e. The first-order chi connectivity index (χ1) is 9.74. The van der Waals surface area contributed by atoms with Gasteiger partial charge in [-0.3, -0.25) is 14.8 Å². The Morgan fingerprint density at radius 2 is 2.15 bits per heavy atom. The number of carbonyl (C=O) groups excluding carboxylic acids is 1.